The minimum atomic E-state index is -0.0717. The van der Waals surface area contributed by atoms with E-state index in [2.05, 4.69) is 0 Å². The molecule has 0 aromatic heterocycles. The monoisotopic (exact) mass is 421 g/mol. The second kappa shape index (κ2) is 8.79. The van der Waals surface area contributed by atoms with Gasteiger partial charge in [0, 0.05) is 56.0 Å². The first kappa shape index (κ1) is 20.9. The molecule has 4 rings (SSSR count). The molecular weight excluding hydrogens is 394 g/mol. The first-order valence-electron chi connectivity index (χ1n) is 10.6. The standard InChI is InChI=1S/C24H27N3O4/c1-17-8-9-19(16-21(17)31-2)24(30)26-13-11-25(12-14-26)23(29)18-5-3-6-20(15-18)27-10-4-7-22(27)28/h3,5-6,8-9,15-16H,4,7,10-14H2,1-2H3. The van der Waals surface area contributed by atoms with Gasteiger partial charge in [0.15, 0.2) is 0 Å². The molecule has 2 aromatic rings. The van der Waals surface area contributed by atoms with Gasteiger partial charge in [-0.1, -0.05) is 12.1 Å². The van der Waals surface area contributed by atoms with E-state index in [0.29, 0.717) is 56.0 Å². The van der Waals surface area contributed by atoms with Crippen LogP contribution in [-0.2, 0) is 4.79 Å². The van der Waals surface area contributed by atoms with Gasteiger partial charge in [0.1, 0.15) is 5.75 Å². The number of benzene rings is 2. The average Bonchev–Trinajstić information content (AvgIpc) is 3.24. The van der Waals surface area contributed by atoms with Crippen molar-refractivity contribution in [3.63, 3.8) is 0 Å². The molecule has 0 atom stereocenters. The zero-order valence-electron chi connectivity index (χ0n) is 18.0. The Morgan fingerprint density at radius 2 is 1.52 bits per heavy atom. The van der Waals surface area contributed by atoms with Crippen LogP contribution in [0.4, 0.5) is 5.69 Å². The molecule has 2 aliphatic rings. The molecule has 3 amide bonds. The van der Waals surface area contributed by atoms with E-state index < -0.39 is 0 Å². The van der Waals surface area contributed by atoms with Crippen molar-refractivity contribution < 1.29 is 19.1 Å². The Morgan fingerprint density at radius 1 is 0.871 bits per heavy atom. The molecule has 2 aliphatic heterocycles. The summed E-state index contributed by atoms with van der Waals surface area (Å²) >= 11 is 0. The first-order valence-corrected chi connectivity index (χ1v) is 10.6. The predicted molar refractivity (Wildman–Crippen MR) is 118 cm³/mol. The lowest BCUT2D eigenvalue weighted by atomic mass is 10.1. The summed E-state index contributed by atoms with van der Waals surface area (Å²) in [7, 11) is 1.59. The third-order valence-electron chi connectivity index (χ3n) is 5.99. The molecule has 2 saturated heterocycles. The molecule has 0 radical (unpaired) electrons. The quantitative estimate of drug-likeness (QED) is 0.761. The van der Waals surface area contributed by atoms with Gasteiger partial charge in [-0.05, 0) is 49.2 Å². The summed E-state index contributed by atoms with van der Waals surface area (Å²) in [4.78, 5) is 43.2. The molecule has 2 heterocycles. The van der Waals surface area contributed by atoms with Gasteiger partial charge in [-0.15, -0.1) is 0 Å². The highest BCUT2D eigenvalue weighted by Crippen LogP contribution is 2.24. The molecule has 7 nitrogen and oxygen atoms in total. The van der Waals surface area contributed by atoms with Gasteiger partial charge in [0.2, 0.25) is 5.91 Å². The molecule has 2 fully saturated rings. The van der Waals surface area contributed by atoms with Crippen LogP contribution in [0.1, 0.15) is 39.1 Å². The second-order valence-electron chi connectivity index (χ2n) is 7.97. The maximum atomic E-state index is 13.0. The zero-order chi connectivity index (χ0) is 22.0. The molecule has 2 aromatic carbocycles. The van der Waals surface area contributed by atoms with E-state index in [1.165, 1.54) is 0 Å². The van der Waals surface area contributed by atoms with Crippen molar-refractivity contribution in [1.29, 1.82) is 0 Å². The van der Waals surface area contributed by atoms with Gasteiger partial charge in [-0.3, -0.25) is 14.4 Å². The van der Waals surface area contributed by atoms with Crippen molar-refractivity contribution in [3.05, 3.63) is 59.2 Å². The fourth-order valence-electron chi connectivity index (χ4n) is 4.16. The second-order valence-corrected chi connectivity index (χ2v) is 7.97. The van der Waals surface area contributed by atoms with Crippen molar-refractivity contribution in [1.82, 2.24) is 9.80 Å². The fraction of sp³-hybridized carbons (Fsp3) is 0.375. The van der Waals surface area contributed by atoms with Gasteiger partial charge in [0.05, 0.1) is 7.11 Å². The SMILES string of the molecule is COc1cc(C(=O)N2CCN(C(=O)c3cccc(N4CCCC4=O)c3)CC2)ccc1C. The molecule has 0 aliphatic carbocycles. The molecule has 162 valence electrons. The van der Waals surface area contributed by atoms with Crippen LogP contribution in [0.25, 0.3) is 0 Å². The lowest BCUT2D eigenvalue weighted by Crippen LogP contribution is -2.50. The molecular formula is C24H27N3O4. The van der Waals surface area contributed by atoms with Gasteiger partial charge < -0.3 is 19.4 Å². The molecule has 0 N–H and O–H groups in total. The van der Waals surface area contributed by atoms with Crippen LogP contribution in [0, 0.1) is 6.92 Å². The molecule has 0 spiro atoms. The Hall–Kier alpha value is -3.35. The smallest absolute Gasteiger partial charge is 0.254 e. The van der Waals surface area contributed by atoms with E-state index in [0.717, 1.165) is 17.7 Å². The average molecular weight is 421 g/mol. The van der Waals surface area contributed by atoms with Crippen LogP contribution < -0.4 is 9.64 Å². The number of hydrogen-bond donors (Lipinski definition) is 0. The fourth-order valence-corrected chi connectivity index (χ4v) is 4.16. The summed E-state index contributed by atoms with van der Waals surface area (Å²) in [6.07, 6.45) is 1.40. The lowest BCUT2D eigenvalue weighted by Gasteiger charge is -2.35. The number of carbonyl (C=O) groups is 3. The number of piperazine rings is 1. The van der Waals surface area contributed by atoms with E-state index in [4.69, 9.17) is 4.74 Å². The summed E-state index contributed by atoms with van der Waals surface area (Å²) in [5.74, 6) is 0.665. The van der Waals surface area contributed by atoms with E-state index in [9.17, 15) is 14.4 Å². The number of ether oxygens (including phenoxy) is 1. The number of nitrogens with zero attached hydrogens (tertiary/aromatic N) is 3. The van der Waals surface area contributed by atoms with Crippen LogP contribution in [-0.4, -0.2) is 67.4 Å². The number of aryl methyl sites for hydroxylation is 1. The van der Waals surface area contributed by atoms with Crippen molar-refractivity contribution >= 4 is 23.4 Å². The van der Waals surface area contributed by atoms with E-state index in [1.54, 1.807) is 40.0 Å². The molecule has 0 unspecified atom stereocenters. The Morgan fingerprint density at radius 3 is 2.10 bits per heavy atom. The van der Waals surface area contributed by atoms with Crippen molar-refractivity contribution in [2.45, 2.75) is 19.8 Å². The normalized spacial score (nSPS) is 16.6. The molecule has 7 heteroatoms. The summed E-state index contributed by atoms with van der Waals surface area (Å²) in [5.41, 5.74) is 2.91. The highest BCUT2D eigenvalue weighted by atomic mass is 16.5. The Balaban J connectivity index is 1.40. The molecule has 0 bridgehead atoms. The summed E-state index contributed by atoms with van der Waals surface area (Å²) < 4.78 is 5.33. The minimum absolute atomic E-state index is 0.0556. The van der Waals surface area contributed by atoms with Gasteiger partial charge in [-0.2, -0.15) is 0 Å². The van der Waals surface area contributed by atoms with Crippen LogP contribution >= 0.6 is 0 Å². The summed E-state index contributed by atoms with van der Waals surface area (Å²) in [6.45, 7) is 4.53. The predicted octanol–water partition coefficient (Wildman–Crippen LogP) is 2.73. The number of carbonyl (C=O) groups excluding carboxylic acids is 3. The topological polar surface area (TPSA) is 70.2 Å². The number of methoxy groups -OCH3 is 1. The van der Waals surface area contributed by atoms with E-state index in [1.807, 2.05) is 31.2 Å². The van der Waals surface area contributed by atoms with Crippen molar-refractivity contribution in [2.24, 2.45) is 0 Å². The number of anilines is 1. The van der Waals surface area contributed by atoms with Crippen LogP contribution in [0.15, 0.2) is 42.5 Å². The van der Waals surface area contributed by atoms with Crippen LogP contribution in [0.3, 0.4) is 0 Å². The van der Waals surface area contributed by atoms with Crippen molar-refractivity contribution in [3.8, 4) is 5.75 Å². The van der Waals surface area contributed by atoms with Gasteiger partial charge >= 0.3 is 0 Å². The number of rotatable bonds is 4. The summed E-state index contributed by atoms with van der Waals surface area (Å²) in [5, 5.41) is 0. The number of hydrogen-bond acceptors (Lipinski definition) is 4. The lowest BCUT2D eigenvalue weighted by molar-refractivity contribution is -0.117. The Labute approximate surface area is 182 Å². The maximum absolute atomic E-state index is 13.0. The van der Waals surface area contributed by atoms with Crippen molar-refractivity contribution in [2.75, 3.05) is 44.7 Å². The van der Waals surface area contributed by atoms with E-state index >= 15 is 0 Å². The number of amides is 3. The molecule has 31 heavy (non-hydrogen) atoms. The highest BCUT2D eigenvalue weighted by Gasteiger charge is 2.27. The van der Waals surface area contributed by atoms with E-state index in [-0.39, 0.29) is 17.7 Å². The zero-order valence-corrected chi connectivity index (χ0v) is 18.0. The Bertz CT molecular complexity index is 1010. The Kier molecular flexibility index (Phi) is 5.93. The maximum Gasteiger partial charge on any atom is 0.254 e. The highest BCUT2D eigenvalue weighted by molar-refractivity contribution is 5.99. The first-order chi connectivity index (χ1) is 15.0. The third-order valence-corrected chi connectivity index (χ3v) is 5.99. The minimum Gasteiger partial charge on any atom is -0.496 e. The van der Waals surface area contributed by atoms with Crippen LogP contribution in [0.5, 0.6) is 5.75 Å². The van der Waals surface area contributed by atoms with Gasteiger partial charge in [-0.25, -0.2) is 0 Å². The summed E-state index contributed by atoms with van der Waals surface area (Å²) in [6, 6.07) is 12.7. The third kappa shape index (κ3) is 4.26. The van der Waals surface area contributed by atoms with Gasteiger partial charge in [0.25, 0.3) is 11.8 Å². The molecule has 0 saturated carbocycles. The van der Waals surface area contributed by atoms with Crippen LogP contribution in [0.2, 0.25) is 0 Å². The largest absolute Gasteiger partial charge is 0.496 e.